The van der Waals surface area contributed by atoms with Crippen LogP contribution in [0.5, 0.6) is 11.6 Å². The summed E-state index contributed by atoms with van der Waals surface area (Å²) in [6, 6.07) is 7.69. The molecule has 1 atom stereocenters. The van der Waals surface area contributed by atoms with E-state index in [9.17, 15) is 22.4 Å². The first kappa shape index (κ1) is 20.6. The summed E-state index contributed by atoms with van der Waals surface area (Å²) in [5.74, 6) is -1.29. The van der Waals surface area contributed by atoms with Crippen LogP contribution in [-0.4, -0.2) is 33.6 Å². The van der Waals surface area contributed by atoms with E-state index in [-0.39, 0.29) is 11.4 Å². The molecular weight excluding hydrogens is 420 g/mol. The number of pyridine rings is 1. The molecule has 0 saturated carbocycles. The first-order valence-corrected chi connectivity index (χ1v) is 9.28. The van der Waals surface area contributed by atoms with E-state index in [0.29, 0.717) is 24.6 Å². The van der Waals surface area contributed by atoms with E-state index in [1.807, 2.05) is 0 Å². The number of carbonyl (C=O) groups is 1. The Labute approximate surface area is 173 Å². The molecule has 0 bridgehead atoms. The second-order valence-electron chi connectivity index (χ2n) is 6.69. The van der Waals surface area contributed by atoms with Crippen molar-refractivity contribution in [1.29, 1.82) is 0 Å². The second kappa shape index (κ2) is 8.25. The molecule has 0 aliphatic carbocycles. The Balaban J connectivity index is 1.63. The Morgan fingerprint density at radius 2 is 2.00 bits per heavy atom. The molecule has 7 nitrogen and oxygen atoms in total. The fourth-order valence-electron chi connectivity index (χ4n) is 3.16. The summed E-state index contributed by atoms with van der Waals surface area (Å²) in [5, 5.41) is 6.84. The Bertz CT molecular complexity index is 1060. The van der Waals surface area contributed by atoms with Crippen molar-refractivity contribution in [3.05, 3.63) is 71.4 Å². The van der Waals surface area contributed by atoms with Crippen LogP contribution in [0.1, 0.15) is 34.2 Å². The van der Waals surface area contributed by atoms with Crippen molar-refractivity contribution in [3.8, 4) is 11.6 Å². The van der Waals surface area contributed by atoms with Gasteiger partial charge in [-0.1, -0.05) is 12.1 Å². The highest BCUT2D eigenvalue weighted by molar-refractivity contribution is 5.93. The molecule has 1 aliphatic heterocycles. The van der Waals surface area contributed by atoms with Crippen molar-refractivity contribution in [1.82, 2.24) is 20.1 Å². The van der Waals surface area contributed by atoms with Crippen molar-refractivity contribution in [2.75, 3.05) is 6.61 Å². The lowest BCUT2D eigenvalue weighted by atomic mass is 10.0. The molecule has 11 heteroatoms. The fourth-order valence-corrected chi connectivity index (χ4v) is 3.16. The minimum atomic E-state index is -4.84. The number of nitrogens with one attached hydrogen (secondary N) is 1. The summed E-state index contributed by atoms with van der Waals surface area (Å²) >= 11 is 0. The van der Waals surface area contributed by atoms with Gasteiger partial charge in [0, 0.05) is 25.2 Å². The number of aromatic nitrogens is 3. The van der Waals surface area contributed by atoms with E-state index in [4.69, 9.17) is 4.74 Å². The van der Waals surface area contributed by atoms with Crippen molar-refractivity contribution in [3.63, 3.8) is 0 Å². The van der Waals surface area contributed by atoms with Crippen LogP contribution in [0.3, 0.4) is 0 Å². The van der Waals surface area contributed by atoms with Crippen LogP contribution >= 0.6 is 0 Å². The van der Waals surface area contributed by atoms with Crippen LogP contribution in [0.25, 0.3) is 0 Å². The molecule has 1 amide bonds. The van der Waals surface area contributed by atoms with Gasteiger partial charge in [-0.15, -0.1) is 13.2 Å². The Morgan fingerprint density at radius 3 is 2.68 bits per heavy atom. The number of hydrogen-bond acceptors (Lipinski definition) is 5. The monoisotopic (exact) mass is 436 g/mol. The van der Waals surface area contributed by atoms with E-state index >= 15 is 0 Å². The zero-order valence-corrected chi connectivity index (χ0v) is 15.9. The van der Waals surface area contributed by atoms with Crippen LogP contribution in [0, 0.1) is 5.82 Å². The van der Waals surface area contributed by atoms with Gasteiger partial charge in [0.25, 0.3) is 5.91 Å². The Morgan fingerprint density at radius 1 is 1.23 bits per heavy atom. The molecule has 3 aromatic rings. The summed E-state index contributed by atoms with van der Waals surface area (Å²) in [7, 11) is 0. The van der Waals surface area contributed by atoms with Crippen molar-refractivity contribution in [2.24, 2.45) is 0 Å². The maximum absolute atomic E-state index is 14.4. The summed E-state index contributed by atoms with van der Waals surface area (Å²) in [5.41, 5.74) is 0.275. The number of nitrogens with zero attached hydrogens (tertiary/aromatic N) is 3. The largest absolute Gasteiger partial charge is 0.573 e. The molecule has 162 valence electrons. The van der Waals surface area contributed by atoms with Gasteiger partial charge < -0.3 is 14.8 Å². The molecule has 0 fully saturated rings. The fraction of sp³-hybridized carbons (Fsp3) is 0.250. The van der Waals surface area contributed by atoms with Gasteiger partial charge in [0.2, 0.25) is 5.88 Å². The molecule has 3 heterocycles. The topological polar surface area (TPSA) is 78.3 Å². The van der Waals surface area contributed by atoms with Gasteiger partial charge in [-0.25, -0.2) is 9.07 Å². The Hall–Kier alpha value is -3.63. The molecule has 0 saturated heterocycles. The first-order chi connectivity index (χ1) is 14.8. The smallest absolute Gasteiger partial charge is 0.478 e. The van der Waals surface area contributed by atoms with E-state index in [0.717, 1.165) is 18.6 Å². The molecule has 2 aromatic heterocycles. The maximum Gasteiger partial charge on any atom is 0.573 e. The van der Waals surface area contributed by atoms with Crippen molar-refractivity contribution in [2.45, 2.75) is 25.4 Å². The first-order valence-electron chi connectivity index (χ1n) is 9.28. The zero-order valence-electron chi connectivity index (χ0n) is 15.9. The molecule has 1 unspecified atom stereocenters. The average Bonchev–Trinajstić information content (AvgIpc) is 3.17. The minimum absolute atomic E-state index is 0.0651. The van der Waals surface area contributed by atoms with E-state index < -0.39 is 29.9 Å². The number of rotatable bonds is 5. The number of hydrogen-bond donors (Lipinski definition) is 1. The van der Waals surface area contributed by atoms with Gasteiger partial charge in [0.1, 0.15) is 17.3 Å². The van der Waals surface area contributed by atoms with Crippen LogP contribution in [0.15, 0.2) is 48.7 Å². The highest BCUT2D eigenvalue weighted by atomic mass is 19.4. The lowest BCUT2D eigenvalue weighted by molar-refractivity contribution is -0.274. The molecule has 1 N–H and O–H groups in total. The van der Waals surface area contributed by atoms with Gasteiger partial charge in [-0.05, 0) is 29.8 Å². The molecule has 0 spiro atoms. The predicted molar refractivity (Wildman–Crippen MR) is 99.0 cm³/mol. The molecule has 31 heavy (non-hydrogen) atoms. The Kier molecular flexibility index (Phi) is 5.49. The summed E-state index contributed by atoms with van der Waals surface area (Å²) in [6.45, 7) is 1.11. The van der Waals surface area contributed by atoms with Crippen LogP contribution in [0.4, 0.5) is 17.6 Å². The maximum atomic E-state index is 14.4. The minimum Gasteiger partial charge on any atom is -0.478 e. The molecule has 1 aromatic carbocycles. The summed E-state index contributed by atoms with van der Waals surface area (Å²) < 4.78 is 62.5. The highest BCUT2D eigenvalue weighted by Crippen LogP contribution is 2.28. The van der Waals surface area contributed by atoms with Gasteiger partial charge >= 0.3 is 6.36 Å². The van der Waals surface area contributed by atoms with Crippen molar-refractivity contribution >= 4 is 5.91 Å². The average molecular weight is 436 g/mol. The third-order valence-corrected chi connectivity index (χ3v) is 4.52. The number of carbonyl (C=O) groups excluding carboxylic acids is 1. The van der Waals surface area contributed by atoms with Crippen molar-refractivity contribution < 1.29 is 31.8 Å². The number of benzene rings is 1. The van der Waals surface area contributed by atoms with E-state index in [1.165, 1.54) is 36.5 Å². The lowest BCUT2D eigenvalue weighted by Gasteiger charge is -2.19. The third kappa shape index (κ3) is 4.76. The third-order valence-electron chi connectivity index (χ3n) is 4.52. The quantitative estimate of drug-likeness (QED) is 0.619. The standard InChI is InChI=1S/C20H16F4N4O3/c21-14-3-1-8-25-18(14)17(12-4-6-13(7-5-12)31-20(22,23)24)26-19(29)15-11-16-28(27-15)9-2-10-30-16/h1,3-8,11,17H,2,9-10H2,(H,26,29). The van der Waals surface area contributed by atoms with E-state index in [1.54, 1.807) is 4.68 Å². The van der Waals surface area contributed by atoms with Gasteiger partial charge in [0.15, 0.2) is 5.69 Å². The summed E-state index contributed by atoms with van der Waals surface area (Å²) in [4.78, 5) is 16.8. The number of ether oxygens (including phenoxy) is 2. The highest BCUT2D eigenvalue weighted by Gasteiger charge is 2.31. The van der Waals surface area contributed by atoms with E-state index in [2.05, 4.69) is 20.1 Å². The number of halogens is 4. The molecule has 4 rings (SSSR count). The molecular formula is C20H16F4N4O3. The van der Waals surface area contributed by atoms with Crippen LogP contribution < -0.4 is 14.8 Å². The number of alkyl halides is 3. The van der Waals surface area contributed by atoms with Crippen LogP contribution in [0.2, 0.25) is 0 Å². The van der Waals surface area contributed by atoms with Gasteiger partial charge in [-0.2, -0.15) is 5.10 Å². The van der Waals surface area contributed by atoms with Crippen LogP contribution in [-0.2, 0) is 6.54 Å². The second-order valence-corrected chi connectivity index (χ2v) is 6.69. The normalized spacial score (nSPS) is 14.3. The molecule has 0 radical (unpaired) electrons. The van der Waals surface area contributed by atoms with Gasteiger partial charge in [-0.3, -0.25) is 9.78 Å². The lowest BCUT2D eigenvalue weighted by Crippen LogP contribution is -2.31. The SMILES string of the molecule is O=C(NC(c1ccc(OC(F)(F)F)cc1)c1ncccc1F)c1cc2n(n1)CCCO2. The molecule has 1 aliphatic rings. The summed E-state index contributed by atoms with van der Waals surface area (Å²) in [6.07, 6.45) is -2.74. The van der Waals surface area contributed by atoms with Gasteiger partial charge in [0.05, 0.1) is 12.6 Å². The number of fused-ring (bicyclic) bond motifs is 1. The number of aryl methyl sites for hydroxylation is 1. The zero-order chi connectivity index (χ0) is 22.0. The number of amides is 1. The predicted octanol–water partition coefficient (Wildman–Crippen LogP) is 3.62.